The minimum absolute atomic E-state index is 0.523. The molecule has 0 bridgehead atoms. The van der Waals surface area contributed by atoms with Crippen LogP contribution in [-0.2, 0) is 10.8 Å². The second kappa shape index (κ2) is 5.83. The standard InChI is InChI=1S/C14H27NOS/c1-14(2)8-3-4-12(5-9-14)15-13-6-10-17(16)11-7-13/h12-13,15H,3-11H2,1-2H3. The summed E-state index contributed by atoms with van der Waals surface area (Å²) < 4.78 is 11.3. The number of hydrogen-bond donors (Lipinski definition) is 1. The molecule has 1 saturated carbocycles. The normalized spacial score (nSPS) is 38.6. The summed E-state index contributed by atoms with van der Waals surface area (Å²) in [6.07, 6.45) is 8.99. The third-order valence-electron chi connectivity index (χ3n) is 4.44. The van der Waals surface area contributed by atoms with Gasteiger partial charge in [-0.3, -0.25) is 4.21 Å². The molecular weight excluding hydrogens is 230 g/mol. The van der Waals surface area contributed by atoms with Crippen molar-refractivity contribution in [3.63, 3.8) is 0 Å². The second-order valence-electron chi connectivity index (χ2n) is 6.58. The van der Waals surface area contributed by atoms with Crippen molar-refractivity contribution < 1.29 is 4.21 Å². The summed E-state index contributed by atoms with van der Waals surface area (Å²) in [5.41, 5.74) is 0.546. The van der Waals surface area contributed by atoms with E-state index in [2.05, 4.69) is 19.2 Å². The monoisotopic (exact) mass is 257 g/mol. The Hall–Kier alpha value is 0.110. The lowest BCUT2D eigenvalue weighted by molar-refractivity contribution is 0.305. The summed E-state index contributed by atoms with van der Waals surface area (Å²) >= 11 is 0. The Balaban J connectivity index is 1.77. The van der Waals surface area contributed by atoms with Gasteiger partial charge in [0.15, 0.2) is 0 Å². The summed E-state index contributed by atoms with van der Waals surface area (Å²) in [5.74, 6) is 1.83. The molecule has 1 aliphatic heterocycles. The minimum atomic E-state index is -0.523. The fourth-order valence-electron chi connectivity index (χ4n) is 3.12. The zero-order valence-electron chi connectivity index (χ0n) is 11.3. The van der Waals surface area contributed by atoms with Gasteiger partial charge in [0.05, 0.1) is 0 Å². The van der Waals surface area contributed by atoms with E-state index in [0.717, 1.165) is 24.3 Å². The molecule has 100 valence electrons. The van der Waals surface area contributed by atoms with Crippen LogP contribution in [-0.4, -0.2) is 27.8 Å². The lowest BCUT2D eigenvalue weighted by Gasteiger charge is -2.28. The largest absolute Gasteiger partial charge is 0.311 e. The van der Waals surface area contributed by atoms with E-state index in [1.807, 2.05) is 0 Å². The van der Waals surface area contributed by atoms with E-state index in [0.29, 0.717) is 17.5 Å². The van der Waals surface area contributed by atoms with Crippen LogP contribution in [0.5, 0.6) is 0 Å². The van der Waals surface area contributed by atoms with Crippen LogP contribution in [0.2, 0.25) is 0 Å². The molecular formula is C14H27NOS. The highest BCUT2D eigenvalue weighted by atomic mass is 32.2. The number of rotatable bonds is 2. The van der Waals surface area contributed by atoms with E-state index in [9.17, 15) is 4.21 Å². The van der Waals surface area contributed by atoms with Crippen LogP contribution in [0, 0.1) is 5.41 Å². The van der Waals surface area contributed by atoms with Gasteiger partial charge in [0.25, 0.3) is 0 Å². The molecule has 1 atom stereocenters. The first-order valence-corrected chi connectivity index (χ1v) is 8.65. The van der Waals surface area contributed by atoms with Crippen LogP contribution >= 0.6 is 0 Å². The van der Waals surface area contributed by atoms with Crippen LogP contribution in [0.15, 0.2) is 0 Å². The van der Waals surface area contributed by atoms with Gasteiger partial charge in [0, 0.05) is 34.4 Å². The van der Waals surface area contributed by atoms with E-state index in [1.165, 1.54) is 32.1 Å². The molecule has 3 heteroatoms. The first kappa shape index (κ1) is 13.5. The highest BCUT2D eigenvalue weighted by Gasteiger charge is 2.26. The van der Waals surface area contributed by atoms with Crippen molar-refractivity contribution in [3.05, 3.63) is 0 Å². The molecule has 0 radical (unpaired) electrons. The zero-order valence-corrected chi connectivity index (χ0v) is 12.2. The molecule has 1 unspecified atom stereocenters. The Morgan fingerprint density at radius 2 is 1.65 bits per heavy atom. The molecule has 2 nitrogen and oxygen atoms in total. The van der Waals surface area contributed by atoms with Gasteiger partial charge < -0.3 is 5.32 Å². The predicted molar refractivity (Wildman–Crippen MR) is 74.7 cm³/mol. The van der Waals surface area contributed by atoms with Gasteiger partial charge in [-0.1, -0.05) is 20.3 Å². The first-order chi connectivity index (χ1) is 8.05. The van der Waals surface area contributed by atoms with Crippen molar-refractivity contribution in [2.75, 3.05) is 11.5 Å². The van der Waals surface area contributed by atoms with Crippen molar-refractivity contribution in [3.8, 4) is 0 Å². The Kier molecular flexibility index (Phi) is 4.65. The molecule has 2 fully saturated rings. The van der Waals surface area contributed by atoms with E-state index < -0.39 is 10.8 Å². The third-order valence-corrected chi connectivity index (χ3v) is 5.82. The van der Waals surface area contributed by atoms with E-state index in [4.69, 9.17) is 0 Å². The maximum atomic E-state index is 11.3. The smallest absolute Gasteiger partial charge is 0.0249 e. The highest BCUT2D eigenvalue weighted by Crippen LogP contribution is 2.34. The van der Waals surface area contributed by atoms with Gasteiger partial charge in [-0.15, -0.1) is 0 Å². The molecule has 0 amide bonds. The SMILES string of the molecule is CC1(C)CCCC(NC2CCS(=O)CC2)CC1. The number of nitrogens with one attached hydrogen (secondary N) is 1. The summed E-state index contributed by atoms with van der Waals surface area (Å²) in [4.78, 5) is 0. The molecule has 0 spiro atoms. The molecule has 1 saturated heterocycles. The quantitative estimate of drug-likeness (QED) is 0.771. The van der Waals surface area contributed by atoms with Gasteiger partial charge in [-0.05, 0) is 43.9 Å². The van der Waals surface area contributed by atoms with Crippen molar-refractivity contribution in [1.82, 2.24) is 5.32 Å². The van der Waals surface area contributed by atoms with Crippen molar-refractivity contribution >= 4 is 10.8 Å². The molecule has 1 heterocycles. The Labute approximate surface area is 108 Å². The summed E-state index contributed by atoms with van der Waals surface area (Å²) in [5, 5.41) is 3.82. The maximum Gasteiger partial charge on any atom is 0.0249 e. The molecule has 2 aliphatic rings. The summed E-state index contributed by atoms with van der Waals surface area (Å²) in [6, 6.07) is 1.35. The average Bonchev–Trinajstić information content (AvgIpc) is 2.44. The molecule has 2 rings (SSSR count). The fourth-order valence-corrected chi connectivity index (χ4v) is 4.42. The third kappa shape index (κ3) is 4.36. The Morgan fingerprint density at radius 1 is 1.00 bits per heavy atom. The molecule has 0 aromatic heterocycles. The van der Waals surface area contributed by atoms with Gasteiger partial charge in [0.1, 0.15) is 0 Å². The molecule has 1 aliphatic carbocycles. The average molecular weight is 257 g/mol. The molecule has 0 aromatic rings. The summed E-state index contributed by atoms with van der Waals surface area (Å²) in [7, 11) is -0.523. The number of hydrogen-bond acceptors (Lipinski definition) is 2. The zero-order chi connectivity index (χ0) is 12.3. The van der Waals surface area contributed by atoms with Crippen LogP contribution in [0.4, 0.5) is 0 Å². The van der Waals surface area contributed by atoms with E-state index >= 15 is 0 Å². The Bertz CT molecular complexity index is 267. The minimum Gasteiger partial charge on any atom is -0.311 e. The topological polar surface area (TPSA) is 29.1 Å². The lowest BCUT2D eigenvalue weighted by Crippen LogP contribution is -2.42. The maximum absolute atomic E-state index is 11.3. The molecule has 0 aromatic carbocycles. The van der Waals surface area contributed by atoms with E-state index in [-0.39, 0.29) is 0 Å². The van der Waals surface area contributed by atoms with Crippen molar-refractivity contribution in [2.24, 2.45) is 5.41 Å². The first-order valence-electron chi connectivity index (χ1n) is 7.16. The second-order valence-corrected chi connectivity index (χ2v) is 8.28. The van der Waals surface area contributed by atoms with Crippen molar-refractivity contribution in [1.29, 1.82) is 0 Å². The van der Waals surface area contributed by atoms with Crippen LogP contribution in [0.3, 0.4) is 0 Å². The summed E-state index contributed by atoms with van der Waals surface area (Å²) in [6.45, 7) is 4.80. The molecule has 17 heavy (non-hydrogen) atoms. The Morgan fingerprint density at radius 3 is 2.35 bits per heavy atom. The van der Waals surface area contributed by atoms with Gasteiger partial charge in [-0.25, -0.2) is 0 Å². The van der Waals surface area contributed by atoms with Gasteiger partial charge in [0.2, 0.25) is 0 Å². The van der Waals surface area contributed by atoms with Crippen molar-refractivity contribution in [2.45, 2.75) is 70.9 Å². The van der Waals surface area contributed by atoms with Crippen LogP contribution in [0.1, 0.15) is 58.8 Å². The van der Waals surface area contributed by atoms with Gasteiger partial charge in [-0.2, -0.15) is 0 Å². The van der Waals surface area contributed by atoms with E-state index in [1.54, 1.807) is 0 Å². The molecule has 1 N–H and O–H groups in total. The fraction of sp³-hybridized carbons (Fsp3) is 1.00. The predicted octanol–water partition coefficient (Wildman–Crippen LogP) is 2.85. The van der Waals surface area contributed by atoms with Gasteiger partial charge >= 0.3 is 0 Å². The van der Waals surface area contributed by atoms with Crippen LogP contribution < -0.4 is 5.32 Å². The van der Waals surface area contributed by atoms with Crippen LogP contribution in [0.25, 0.3) is 0 Å². The highest BCUT2D eigenvalue weighted by molar-refractivity contribution is 7.85. The lowest BCUT2D eigenvalue weighted by atomic mass is 9.85.